The van der Waals surface area contributed by atoms with E-state index in [9.17, 15) is 8.42 Å². The molecule has 0 aliphatic carbocycles. The Kier molecular flexibility index (Phi) is 5.22. The predicted molar refractivity (Wildman–Crippen MR) is 97.3 cm³/mol. The third-order valence-corrected chi connectivity index (χ3v) is 5.83. The Balaban J connectivity index is 1.66. The van der Waals surface area contributed by atoms with E-state index >= 15 is 0 Å². The summed E-state index contributed by atoms with van der Waals surface area (Å²) in [5, 5.41) is 7.09. The van der Waals surface area contributed by atoms with Gasteiger partial charge < -0.3 is 0 Å². The van der Waals surface area contributed by atoms with Crippen molar-refractivity contribution in [2.75, 3.05) is 4.72 Å². The molecule has 24 heavy (non-hydrogen) atoms. The fraction of sp³-hybridized carbons (Fsp3) is 0.0667. The Hall–Kier alpha value is -1.84. The van der Waals surface area contributed by atoms with Crippen LogP contribution in [-0.2, 0) is 15.8 Å². The molecule has 0 unspecified atom stereocenters. The highest BCUT2D eigenvalue weighted by Crippen LogP contribution is 2.21. The standard InChI is InChI=1S/C15H13BrN4O2S2/c16-12-6-8-13(9-7-12)24(21,22)20-14-17-15(19-18-14)23-10-11-4-2-1-3-5-11/h1-9H,10H2,(H2,17,18,19,20). The smallest absolute Gasteiger partial charge is 0.248 e. The molecule has 0 aliphatic heterocycles. The lowest BCUT2D eigenvalue weighted by atomic mass is 10.2. The summed E-state index contributed by atoms with van der Waals surface area (Å²) < 4.78 is 27.8. The zero-order chi connectivity index (χ0) is 17.0. The van der Waals surface area contributed by atoms with Crippen molar-refractivity contribution in [3.63, 3.8) is 0 Å². The maximum atomic E-state index is 12.3. The third-order valence-electron chi connectivity index (χ3n) is 3.03. The molecule has 0 saturated carbocycles. The molecule has 2 N–H and O–H groups in total. The Bertz CT molecular complexity index is 912. The third kappa shape index (κ3) is 4.37. The van der Waals surface area contributed by atoms with E-state index in [2.05, 4.69) is 35.8 Å². The summed E-state index contributed by atoms with van der Waals surface area (Å²) in [7, 11) is -3.70. The van der Waals surface area contributed by atoms with Crippen LogP contribution in [0.3, 0.4) is 0 Å². The zero-order valence-electron chi connectivity index (χ0n) is 12.3. The molecule has 0 atom stereocenters. The largest absolute Gasteiger partial charge is 0.264 e. The van der Waals surface area contributed by atoms with Crippen molar-refractivity contribution in [1.82, 2.24) is 15.2 Å². The zero-order valence-corrected chi connectivity index (χ0v) is 15.5. The number of nitrogens with zero attached hydrogens (tertiary/aromatic N) is 2. The van der Waals surface area contributed by atoms with Gasteiger partial charge in [-0.05, 0) is 29.8 Å². The minimum Gasteiger partial charge on any atom is -0.248 e. The highest BCUT2D eigenvalue weighted by Gasteiger charge is 2.16. The molecule has 1 aromatic heterocycles. The van der Waals surface area contributed by atoms with Gasteiger partial charge in [0, 0.05) is 10.2 Å². The molecule has 124 valence electrons. The van der Waals surface area contributed by atoms with Crippen molar-refractivity contribution < 1.29 is 8.42 Å². The van der Waals surface area contributed by atoms with Crippen LogP contribution in [0.5, 0.6) is 0 Å². The van der Waals surface area contributed by atoms with Crippen LogP contribution >= 0.6 is 27.7 Å². The molecule has 0 aliphatic rings. The van der Waals surface area contributed by atoms with Crippen LogP contribution in [0.4, 0.5) is 5.95 Å². The molecule has 0 amide bonds. The van der Waals surface area contributed by atoms with Gasteiger partial charge in [-0.3, -0.25) is 0 Å². The van der Waals surface area contributed by atoms with E-state index in [0.717, 1.165) is 10.0 Å². The number of benzene rings is 2. The minimum absolute atomic E-state index is 0.0912. The molecule has 0 fully saturated rings. The van der Waals surface area contributed by atoms with E-state index in [1.165, 1.54) is 23.9 Å². The number of hydrogen-bond donors (Lipinski definition) is 2. The van der Waals surface area contributed by atoms with Crippen molar-refractivity contribution in [2.45, 2.75) is 15.8 Å². The number of aromatic amines is 1. The number of rotatable bonds is 6. The Morgan fingerprint density at radius 2 is 1.79 bits per heavy atom. The molecular weight excluding hydrogens is 412 g/mol. The van der Waals surface area contributed by atoms with Crippen molar-refractivity contribution >= 4 is 43.7 Å². The van der Waals surface area contributed by atoms with Crippen LogP contribution in [0.2, 0.25) is 0 Å². The van der Waals surface area contributed by atoms with Crippen LogP contribution in [0.1, 0.15) is 5.56 Å². The second-order valence-corrected chi connectivity index (χ2v) is 8.34. The first kappa shape index (κ1) is 17.0. The summed E-state index contributed by atoms with van der Waals surface area (Å²) >= 11 is 4.70. The molecule has 2 aromatic carbocycles. The van der Waals surface area contributed by atoms with Gasteiger partial charge in [0.15, 0.2) is 0 Å². The monoisotopic (exact) mass is 424 g/mol. The molecule has 3 aromatic rings. The highest BCUT2D eigenvalue weighted by atomic mass is 79.9. The van der Waals surface area contributed by atoms with Crippen molar-refractivity contribution in [2.24, 2.45) is 0 Å². The molecular formula is C15H13BrN4O2S2. The SMILES string of the molecule is O=S(=O)(Nc1nc(SCc2ccccc2)n[nH]1)c1ccc(Br)cc1. The van der Waals surface area contributed by atoms with Gasteiger partial charge in [0.1, 0.15) is 0 Å². The number of hydrogen-bond acceptors (Lipinski definition) is 5. The van der Waals surface area contributed by atoms with Crippen LogP contribution in [0.25, 0.3) is 0 Å². The normalized spacial score (nSPS) is 11.4. The summed E-state index contributed by atoms with van der Waals surface area (Å²) in [5.41, 5.74) is 1.14. The summed E-state index contributed by atoms with van der Waals surface area (Å²) in [5.74, 6) is 0.797. The van der Waals surface area contributed by atoms with Gasteiger partial charge in [0.2, 0.25) is 11.1 Å². The van der Waals surface area contributed by atoms with Crippen molar-refractivity contribution in [3.8, 4) is 0 Å². The molecule has 0 saturated heterocycles. The molecule has 0 bridgehead atoms. The average Bonchev–Trinajstić information content (AvgIpc) is 3.01. The first-order chi connectivity index (χ1) is 11.5. The van der Waals surface area contributed by atoms with Gasteiger partial charge in [0.25, 0.3) is 10.0 Å². The summed E-state index contributed by atoms with van der Waals surface area (Å²) in [6.07, 6.45) is 0. The van der Waals surface area contributed by atoms with E-state index in [4.69, 9.17) is 0 Å². The lowest BCUT2D eigenvalue weighted by molar-refractivity contribution is 0.601. The second kappa shape index (κ2) is 7.37. The lowest BCUT2D eigenvalue weighted by Gasteiger charge is -2.04. The first-order valence-corrected chi connectivity index (χ1v) is 10.2. The predicted octanol–water partition coefficient (Wildman–Crippen LogP) is 3.66. The number of aromatic nitrogens is 3. The maximum Gasteiger partial charge on any atom is 0.264 e. The van der Waals surface area contributed by atoms with Gasteiger partial charge >= 0.3 is 0 Å². The Morgan fingerprint density at radius 3 is 2.50 bits per heavy atom. The Labute approximate surface area is 152 Å². The van der Waals surface area contributed by atoms with Gasteiger partial charge in [-0.15, -0.1) is 5.10 Å². The van der Waals surface area contributed by atoms with Crippen molar-refractivity contribution in [3.05, 3.63) is 64.6 Å². The topological polar surface area (TPSA) is 87.7 Å². The Morgan fingerprint density at radius 1 is 1.08 bits per heavy atom. The lowest BCUT2D eigenvalue weighted by Crippen LogP contribution is -2.13. The molecule has 3 rings (SSSR count). The molecule has 1 heterocycles. The fourth-order valence-corrected chi connectivity index (χ4v) is 3.86. The second-order valence-electron chi connectivity index (χ2n) is 4.80. The number of anilines is 1. The molecule has 0 spiro atoms. The number of halogens is 1. The number of nitrogens with one attached hydrogen (secondary N) is 2. The number of H-pyrrole nitrogens is 1. The van der Waals surface area contributed by atoms with Gasteiger partial charge in [-0.25, -0.2) is 18.2 Å². The van der Waals surface area contributed by atoms with Crippen molar-refractivity contribution in [1.29, 1.82) is 0 Å². The van der Waals surface area contributed by atoms with Gasteiger partial charge in [-0.2, -0.15) is 4.98 Å². The van der Waals surface area contributed by atoms with Crippen LogP contribution in [-0.4, -0.2) is 23.6 Å². The van der Waals surface area contributed by atoms with E-state index in [1.54, 1.807) is 12.1 Å². The number of thioether (sulfide) groups is 1. The van der Waals surface area contributed by atoms with Gasteiger partial charge in [-0.1, -0.05) is 58.0 Å². The summed E-state index contributed by atoms with van der Waals surface area (Å²) in [6.45, 7) is 0. The summed E-state index contributed by atoms with van der Waals surface area (Å²) in [4.78, 5) is 4.30. The van der Waals surface area contributed by atoms with Gasteiger partial charge in [0.05, 0.1) is 4.90 Å². The average molecular weight is 425 g/mol. The highest BCUT2D eigenvalue weighted by molar-refractivity contribution is 9.10. The van der Waals surface area contributed by atoms with Crippen LogP contribution < -0.4 is 4.72 Å². The van der Waals surface area contributed by atoms with Crippen LogP contribution in [0, 0.1) is 0 Å². The molecule has 6 nitrogen and oxygen atoms in total. The number of sulfonamides is 1. The quantitative estimate of drug-likeness (QED) is 0.589. The summed E-state index contributed by atoms with van der Waals surface area (Å²) in [6, 6.07) is 16.2. The fourth-order valence-electron chi connectivity index (χ4n) is 1.88. The van der Waals surface area contributed by atoms with E-state index in [1.807, 2.05) is 30.3 Å². The first-order valence-electron chi connectivity index (χ1n) is 6.90. The molecule has 0 radical (unpaired) electrons. The minimum atomic E-state index is -3.70. The van der Waals surface area contributed by atoms with E-state index in [0.29, 0.717) is 10.9 Å². The molecule has 9 heteroatoms. The van der Waals surface area contributed by atoms with E-state index in [-0.39, 0.29) is 10.8 Å². The maximum absolute atomic E-state index is 12.3. The van der Waals surface area contributed by atoms with E-state index < -0.39 is 10.0 Å². The van der Waals surface area contributed by atoms with Crippen LogP contribution in [0.15, 0.2) is 69.1 Å².